The fraction of sp³-hybridized carbons (Fsp3) is 0.208. The molecule has 0 spiro atoms. The van der Waals surface area contributed by atoms with Gasteiger partial charge in [-0.2, -0.15) is 0 Å². The van der Waals surface area contributed by atoms with Crippen LogP contribution in [-0.4, -0.2) is 16.9 Å². The third-order valence-electron chi connectivity index (χ3n) is 4.77. The van der Waals surface area contributed by atoms with Crippen LogP contribution in [0.3, 0.4) is 0 Å². The molecular weight excluding hydrogens is 352 g/mol. The highest BCUT2D eigenvalue weighted by Gasteiger charge is 2.33. The second kappa shape index (κ2) is 7.04. The number of rotatable bonds is 4. The van der Waals surface area contributed by atoms with Gasteiger partial charge in [-0.25, -0.2) is 4.79 Å². The molecule has 0 fully saturated rings. The Morgan fingerprint density at radius 1 is 0.821 bits per heavy atom. The number of aromatic hydroxyl groups is 1. The Kier molecular flexibility index (Phi) is 4.55. The largest absolute Gasteiger partial charge is 0.508 e. The molecular formula is C24H22O4. The van der Waals surface area contributed by atoms with E-state index < -0.39 is 5.79 Å². The predicted molar refractivity (Wildman–Crippen MR) is 108 cm³/mol. The molecule has 142 valence electrons. The first-order valence-electron chi connectivity index (χ1n) is 9.33. The zero-order valence-electron chi connectivity index (χ0n) is 15.9. The number of phenolic OH excluding ortho intramolecular Hbond substituents is 1. The summed E-state index contributed by atoms with van der Waals surface area (Å²) >= 11 is 0. The fourth-order valence-electron chi connectivity index (χ4n) is 3.43. The highest BCUT2D eigenvalue weighted by atomic mass is 16.7. The number of fused-ring (bicyclic) bond motifs is 1. The van der Waals surface area contributed by atoms with Gasteiger partial charge in [0.2, 0.25) is 5.79 Å². The van der Waals surface area contributed by atoms with Gasteiger partial charge in [0.15, 0.2) is 0 Å². The van der Waals surface area contributed by atoms with Crippen molar-refractivity contribution >= 4 is 5.97 Å². The first kappa shape index (κ1) is 18.1. The number of esters is 1. The smallest absolute Gasteiger partial charge is 0.345 e. The van der Waals surface area contributed by atoms with E-state index >= 15 is 0 Å². The van der Waals surface area contributed by atoms with E-state index in [9.17, 15) is 9.90 Å². The molecule has 1 heterocycles. The summed E-state index contributed by atoms with van der Waals surface area (Å²) in [5.74, 6) is -0.457. The minimum absolute atomic E-state index is 0.259. The highest BCUT2D eigenvalue weighted by Crippen LogP contribution is 2.32. The predicted octanol–water partition coefficient (Wildman–Crippen LogP) is 5.13. The van der Waals surface area contributed by atoms with Gasteiger partial charge >= 0.3 is 5.97 Å². The molecule has 0 bridgehead atoms. The fourth-order valence-corrected chi connectivity index (χ4v) is 3.43. The number of cyclic esters (lactones) is 1. The summed E-state index contributed by atoms with van der Waals surface area (Å²) in [5.41, 5.74) is 4.78. The van der Waals surface area contributed by atoms with Crippen molar-refractivity contribution in [2.75, 3.05) is 0 Å². The molecule has 28 heavy (non-hydrogen) atoms. The van der Waals surface area contributed by atoms with Gasteiger partial charge in [-0.15, -0.1) is 0 Å². The van der Waals surface area contributed by atoms with E-state index in [0.29, 0.717) is 11.3 Å². The lowest BCUT2D eigenvalue weighted by molar-refractivity contribution is -0.127. The minimum atomic E-state index is -0.933. The molecule has 0 saturated carbocycles. The Morgan fingerprint density at radius 3 is 2.25 bits per heavy atom. The molecule has 0 aromatic heterocycles. The van der Waals surface area contributed by atoms with Crippen LogP contribution in [-0.2, 0) is 17.6 Å². The van der Waals surface area contributed by atoms with Crippen LogP contribution < -0.4 is 4.74 Å². The molecule has 0 atom stereocenters. The van der Waals surface area contributed by atoms with Crippen molar-refractivity contribution < 1.29 is 19.4 Å². The standard InChI is InChI=1S/C24H22O4/c1-24(2)27-22-12-11-17(14-21(22)23(26)28-24)10-9-16-5-3-6-18(13-16)19-7-4-8-20(25)15-19/h3-8,11-15,25H,9-10H2,1-2H3. The van der Waals surface area contributed by atoms with E-state index in [2.05, 4.69) is 12.1 Å². The molecule has 0 aliphatic carbocycles. The van der Waals surface area contributed by atoms with Crippen molar-refractivity contribution in [3.63, 3.8) is 0 Å². The van der Waals surface area contributed by atoms with Gasteiger partial charge in [0, 0.05) is 13.8 Å². The van der Waals surface area contributed by atoms with Gasteiger partial charge in [-0.05, 0) is 59.4 Å². The number of phenols is 1. The van der Waals surface area contributed by atoms with Crippen LogP contribution in [0.15, 0.2) is 66.7 Å². The molecule has 0 unspecified atom stereocenters. The van der Waals surface area contributed by atoms with E-state index in [-0.39, 0.29) is 11.7 Å². The van der Waals surface area contributed by atoms with Crippen molar-refractivity contribution in [2.45, 2.75) is 32.5 Å². The van der Waals surface area contributed by atoms with Crippen molar-refractivity contribution in [3.05, 3.63) is 83.4 Å². The number of aryl methyl sites for hydroxylation is 2. The molecule has 0 radical (unpaired) electrons. The Morgan fingerprint density at radius 2 is 1.50 bits per heavy atom. The third-order valence-corrected chi connectivity index (χ3v) is 4.77. The van der Waals surface area contributed by atoms with Crippen molar-refractivity contribution in [1.82, 2.24) is 0 Å². The molecule has 3 aromatic carbocycles. The molecule has 4 nitrogen and oxygen atoms in total. The highest BCUT2D eigenvalue weighted by molar-refractivity contribution is 5.93. The summed E-state index contributed by atoms with van der Waals surface area (Å²) in [7, 11) is 0. The Balaban J connectivity index is 1.51. The van der Waals surface area contributed by atoms with Crippen LogP contribution in [0, 0.1) is 0 Å². The maximum absolute atomic E-state index is 12.2. The van der Waals surface area contributed by atoms with E-state index in [1.54, 1.807) is 26.0 Å². The molecule has 4 heteroatoms. The van der Waals surface area contributed by atoms with Crippen molar-refractivity contribution in [2.24, 2.45) is 0 Å². The summed E-state index contributed by atoms with van der Waals surface area (Å²) < 4.78 is 11.0. The first-order chi connectivity index (χ1) is 13.4. The van der Waals surface area contributed by atoms with Gasteiger partial charge in [-0.3, -0.25) is 0 Å². The normalized spacial score (nSPS) is 14.7. The number of carbonyl (C=O) groups excluding carboxylic acids is 1. The van der Waals surface area contributed by atoms with Crippen LogP contribution >= 0.6 is 0 Å². The van der Waals surface area contributed by atoms with E-state index in [4.69, 9.17) is 9.47 Å². The van der Waals surface area contributed by atoms with Gasteiger partial charge in [0.1, 0.15) is 17.1 Å². The maximum atomic E-state index is 12.2. The van der Waals surface area contributed by atoms with Crippen LogP contribution in [0.5, 0.6) is 11.5 Å². The monoisotopic (exact) mass is 374 g/mol. The molecule has 1 aliphatic rings. The number of hydrogen-bond donors (Lipinski definition) is 1. The van der Waals surface area contributed by atoms with Crippen LogP contribution in [0.1, 0.15) is 35.3 Å². The lowest BCUT2D eigenvalue weighted by atomic mass is 9.98. The van der Waals surface area contributed by atoms with E-state index in [1.807, 2.05) is 42.5 Å². The van der Waals surface area contributed by atoms with E-state index in [0.717, 1.165) is 29.5 Å². The number of benzene rings is 3. The second-order valence-corrected chi connectivity index (χ2v) is 7.47. The molecule has 1 N–H and O–H groups in total. The Hall–Kier alpha value is -3.27. The lowest BCUT2D eigenvalue weighted by Gasteiger charge is -2.31. The SMILES string of the molecule is CC1(C)OC(=O)c2cc(CCc3cccc(-c4cccc(O)c4)c3)ccc2O1. The van der Waals surface area contributed by atoms with Gasteiger partial charge in [-0.1, -0.05) is 42.5 Å². The van der Waals surface area contributed by atoms with Crippen LogP contribution in [0.2, 0.25) is 0 Å². The quantitative estimate of drug-likeness (QED) is 0.643. The minimum Gasteiger partial charge on any atom is -0.508 e. The Bertz CT molecular complexity index is 1040. The Labute approximate surface area is 164 Å². The number of carbonyl (C=O) groups is 1. The van der Waals surface area contributed by atoms with Crippen molar-refractivity contribution in [3.8, 4) is 22.6 Å². The van der Waals surface area contributed by atoms with Crippen molar-refractivity contribution in [1.29, 1.82) is 0 Å². The summed E-state index contributed by atoms with van der Waals surface area (Å²) in [4.78, 5) is 12.2. The molecule has 4 rings (SSSR count). The summed E-state index contributed by atoms with van der Waals surface area (Å²) in [5, 5.41) is 9.70. The summed E-state index contributed by atoms with van der Waals surface area (Å²) in [6.45, 7) is 3.45. The van der Waals surface area contributed by atoms with Gasteiger partial charge in [0.05, 0.1) is 0 Å². The van der Waals surface area contributed by atoms with Gasteiger partial charge < -0.3 is 14.6 Å². The summed E-state index contributed by atoms with van der Waals surface area (Å²) in [6.07, 6.45) is 1.64. The molecule has 0 saturated heterocycles. The zero-order valence-corrected chi connectivity index (χ0v) is 15.9. The summed E-state index contributed by atoms with van der Waals surface area (Å²) in [6, 6.07) is 21.2. The topological polar surface area (TPSA) is 55.8 Å². The maximum Gasteiger partial charge on any atom is 0.345 e. The van der Waals surface area contributed by atoms with Gasteiger partial charge in [0.25, 0.3) is 0 Å². The molecule has 3 aromatic rings. The number of ether oxygens (including phenoxy) is 2. The molecule has 1 aliphatic heterocycles. The zero-order chi connectivity index (χ0) is 19.7. The second-order valence-electron chi connectivity index (χ2n) is 7.47. The van der Waals surface area contributed by atoms with Crippen LogP contribution in [0.25, 0.3) is 11.1 Å². The molecule has 0 amide bonds. The average Bonchev–Trinajstić information content (AvgIpc) is 2.66. The van der Waals surface area contributed by atoms with E-state index in [1.165, 1.54) is 5.56 Å². The number of hydrogen-bond acceptors (Lipinski definition) is 4. The third kappa shape index (κ3) is 3.86. The first-order valence-corrected chi connectivity index (χ1v) is 9.33. The average molecular weight is 374 g/mol. The lowest BCUT2D eigenvalue weighted by Crippen LogP contribution is -2.38. The van der Waals surface area contributed by atoms with Crippen LogP contribution in [0.4, 0.5) is 0 Å².